The smallest absolute Gasteiger partial charge is 0.342 e. The predicted molar refractivity (Wildman–Crippen MR) is 106 cm³/mol. The first-order valence-corrected chi connectivity index (χ1v) is 10.3. The number of fused-ring (bicyclic) bond motifs is 1. The second-order valence-corrected chi connectivity index (χ2v) is 8.28. The van der Waals surface area contributed by atoms with Crippen LogP contribution in [0.3, 0.4) is 0 Å². The molecule has 3 N–H and O–H groups in total. The molecule has 0 fully saturated rings. The number of nitrogens with one attached hydrogen (secondary N) is 1. The number of ether oxygens (including phenoxy) is 1. The first kappa shape index (κ1) is 20.2. The summed E-state index contributed by atoms with van der Waals surface area (Å²) in [7, 11) is -3.44. The normalized spacial score (nSPS) is 11.2. The van der Waals surface area contributed by atoms with E-state index >= 15 is 0 Å². The topological polar surface area (TPSA) is 130 Å². The number of phenolic OH excluding ortho intramolecular Hbond substituents is 2. The van der Waals surface area contributed by atoms with Crippen molar-refractivity contribution in [2.75, 3.05) is 18.2 Å². The van der Waals surface area contributed by atoms with Crippen LogP contribution in [-0.2, 0) is 19.4 Å². The number of carbonyl (C=O) groups excluding carboxylic acids is 2. The van der Waals surface area contributed by atoms with E-state index in [1.807, 2.05) is 0 Å². The molecule has 0 radical (unpaired) electrons. The van der Waals surface area contributed by atoms with Crippen molar-refractivity contribution >= 4 is 38.2 Å². The van der Waals surface area contributed by atoms with E-state index in [2.05, 4.69) is 5.32 Å². The number of sulfone groups is 1. The lowest BCUT2D eigenvalue weighted by Gasteiger charge is -2.10. The molecule has 0 bridgehead atoms. The fourth-order valence-electron chi connectivity index (χ4n) is 2.71. The van der Waals surface area contributed by atoms with Crippen molar-refractivity contribution in [2.24, 2.45) is 0 Å². The van der Waals surface area contributed by atoms with Gasteiger partial charge < -0.3 is 20.3 Å². The van der Waals surface area contributed by atoms with Crippen LogP contribution < -0.4 is 5.32 Å². The number of phenols is 2. The number of rotatable bonds is 5. The molecular formula is C20H17NO7S. The summed E-state index contributed by atoms with van der Waals surface area (Å²) in [6.45, 7) is -0.672. The lowest BCUT2D eigenvalue weighted by Crippen LogP contribution is -2.21. The minimum atomic E-state index is -3.44. The fraction of sp³-hybridized carbons (Fsp3) is 0.100. The zero-order valence-electron chi connectivity index (χ0n) is 15.2. The molecule has 3 rings (SSSR count). The molecule has 0 unspecified atom stereocenters. The minimum absolute atomic E-state index is 0.0313. The molecule has 0 saturated heterocycles. The van der Waals surface area contributed by atoms with Gasteiger partial charge in [0.2, 0.25) is 0 Å². The van der Waals surface area contributed by atoms with Crippen LogP contribution in [0.2, 0.25) is 0 Å². The van der Waals surface area contributed by atoms with E-state index in [1.165, 1.54) is 30.3 Å². The zero-order valence-corrected chi connectivity index (χ0v) is 16.1. The molecule has 3 aromatic carbocycles. The Hall–Kier alpha value is -3.59. The monoisotopic (exact) mass is 415 g/mol. The molecule has 0 atom stereocenters. The third-order valence-electron chi connectivity index (χ3n) is 4.09. The number of amides is 1. The van der Waals surface area contributed by atoms with Crippen molar-refractivity contribution in [2.45, 2.75) is 4.90 Å². The van der Waals surface area contributed by atoms with E-state index in [0.29, 0.717) is 5.39 Å². The molecular weight excluding hydrogens is 398 g/mol. The van der Waals surface area contributed by atoms with Crippen LogP contribution in [0, 0.1) is 0 Å². The summed E-state index contributed by atoms with van der Waals surface area (Å²) >= 11 is 0. The molecule has 150 valence electrons. The zero-order chi connectivity index (χ0) is 21.2. The third kappa shape index (κ3) is 4.46. The largest absolute Gasteiger partial charge is 0.507 e. The van der Waals surface area contributed by atoms with Gasteiger partial charge in [-0.2, -0.15) is 0 Å². The Kier molecular flexibility index (Phi) is 5.42. The first-order valence-electron chi connectivity index (χ1n) is 8.37. The second kappa shape index (κ2) is 7.80. The molecule has 0 heterocycles. The molecule has 0 aliphatic carbocycles. The average Bonchev–Trinajstić information content (AvgIpc) is 2.68. The van der Waals surface area contributed by atoms with Crippen molar-refractivity contribution in [1.29, 1.82) is 0 Å². The summed E-state index contributed by atoms with van der Waals surface area (Å²) in [5.41, 5.74) is -0.0618. The van der Waals surface area contributed by atoms with Gasteiger partial charge in [0.1, 0.15) is 17.1 Å². The van der Waals surface area contributed by atoms with E-state index < -0.39 is 28.3 Å². The Bertz CT molecular complexity index is 1220. The maximum Gasteiger partial charge on any atom is 0.342 e. The first-order chi connectivity index (χ1) is 13.7. The van der Waals surface area contributed by atoms with E-state index in [9.17, 15) is 28.2 Å². The van der Waals surface area contributed by atoms with E-state index in [1.54, 1.807) is 18.2 Å². The lowest BCUT2D eigenvalue weighted by molar-refractivity contribution is -0.119. The van der Waals surface area contributed by atoms with Crippen molar-refractivity contribution in [3.63, 3.8) is 0 Å². The van der Waals surface area contributed by atoms with Gasteiger partial charge in [-0.05, 0) is 24.3 Å². The van der Waals surface area contributed by atoms with Crippen molar-refractivity contribution in [3.8, 4) is 11.5 Å². The Labute approximate surface area is 166 Å². The van der Waals surface area contributed by atoms with Gasteiger partial charge in [0, 0.05) is 22.7 Å². The Morgan fingerprint density at radius 1 is 1.00 bits per heavy atom. The van der Waals surface area contributed by atoms with Crippen LogP contribution >= 0.6 is 0 Å². The van der Waals surface area contributed by atoms with Gasteiger partial charge in [0.05, 0.1) is 4.90 Å². The van der Waals surface area contributed by atoms with Crippen LogP contribution in [0.1, 0.15) is 10.4 Å². The summed E-state index contributed by atoms with van der Waals surface area (Å²) in [5, 5.41) is 23.4. The number of esters is 1. The van der Waals surface area contributed by atoms with Gasteiger partial charge in [-0.1, -0.05) is 30.3 Å². The molecule has 0 aliphatic heterocycles. The number of hydrogen-bond acceptors (Lipinski definition) is 7. The summed E-state index contributed by atoms with van der Waals surface area (Å²) in [6, 6.07) is 13.1. The van der Waals surface area contributed by atoms with Crippen LogP contribution in [0.5, 0.6) is 11.5 Å². The molecule has 9 heteroatoms. The minimum Gasteiger partial charge on any atom is -0.507 e. The summed E-state index contributed by atoms with van der Waals surface area (Å²) in [6.07, 6.45) is 1.04. The van der Waals surface area contributed by atoms with Gasteiger partial charge in [-0.25, -0.2) is 13.2 Å². The third-order valence-corrected chi connectivity index (χ3v) is 5.20. The van der Waals surface area contributed by atoms with Gasteiger partial charge in [0.25, 0.3) is 5.91 Å². The van der Waals surface area contributed by atoms with Gasteiger partial charge in [-0.15, -0.1) is 0 Å². The summed E-state index contributed by atoms with van der Waals surface area (Å²) in [5.74, 6) is -2.28. The fourth-order valence-corrected chi connectivity index (χ4v) is 3.37. The SMILES string of the molecule is CS(=O)(=O)c1cccc(NC(=O)COC(=O)c2cc(O)c3ccccc3c2O)c1. The predicted octanol–water partition coefficient (Wildman–Crippen LogP) is 2.45. The summed E-state index contributed by atoms with van der Waals surface area (Å²) in [4.78, 5) is 24.3. The molecule has 0 aliphatic rings. The van der Waals surface area contributed by atoms with Crippen LogP contribution in [0.25, 0.3) is 10.8 Å². The van der Waals surface area contributed by atoms with E-state index in [-0.39, 0.29) is 33.0 Å². The number of carbonyl (C=O) groups is 2. The average molecular weight is 415 g/mol. The molecule has 0 spiro atoms. The second-order valence-electron chi connectivity index (χ2n) is 6.26. The van der Waals surface area contributed by atoms with Gasteiger partial charge >= 0.3 is 5.97 Å². The van der Waals surface area contributed by atoms with E-state index in [4.69, 9.17) is 4.74 Å². The van der Waals surface area contributed by atoms with Gasteiger partial charge in [0.15, 0.2) is 16.4 Å². The highest BCUT2D eigenvalue weighted by molar-refractivity contribution is 7.90. The molecule has 0 aromatic heterocycles. The molecule has 0 saturated carbocycles. The van der Waals surface area contributed by atoms with Crippen molar-refractivity contribution in [1.82, 2.24) is 0 Å². The highest BCUT2D eigenvalue weighted by atomic mass is 32.2. The Morgan fingerprint density at radius 3 is 2.38 bits per heavy atom. The molecule has 29 heavy (non-hydrogen) atoms. The van der Waals surface area contributed by atoms with Crippen molar-refractivity contribution in [3.05, 3.63) is 60.2 Å². The number of benzene rings is 3. The molecule has 1 amide bonds. The van der Waals surface area contributed by atoms with Gasteiger partial charge in [-0.3, -0.25) is 4.79 Å². The lowest BCUT2D eigenvalue weighted by atomic mass is 10.0. The molecule has 8 nitrogen and oxygen atoms in total. The van der Waals surface area contributed by atoms with Crippen LogP contribution in [0.15, 0.2) is 59.5 Å². The van der Waals surface area contributed by atoms with Crippen LogP contribution in [0.4, 0.5) is 5.69 Å². The van der Waals surface area contributed by atoms with Crippen LogP contribution in [-0.4, -0.2) is 43.4 Å². The highest BCUT2D eigenvalue weighted by Gasteiger charge is 2.19. The Morgan fingerprint density at radius 2 is 1.69 bits per heavy atom. The Balaban J connectivity index is 1.71. The summed E-state index contributed by atoms with van der Waals surface area (Å²) < 4.78 is 28.0. The maximum atomic E-state index is 12.3. The standard InChI is InChI=1S/C20H17NO7S/c1-29(26,27)13-6-4-5-12(9-13)21-18(23)11-28-20(25)16-10-17(22)14-7-2-3-8-15(14)19(16)24/h2-10,22,24H,11H2,1H3,(H,21,23). The number of aromatic hydroxyl groups is 2. The quantitative estimate of drug-likeness (QED) is 0.431. The number of hydrogen-bond donors (Lipinski definition) is 3. The highest BCUT2D eigenvalue weighted by Crippen LogP contribution is 2.35. The maximum absolute atomic E-state index is 12.3. The van der Waals surface area contributed by atoms with Crippen molar-refractivity contribution < 1.29 is 33.0 Å². The molecule has 3 aromatic rings. The van der Waals surface area contributed by atoms with E-state index in [0.717, 1.165) is 12.3 Å². The number of anilines is 1.